The molecule has 0 atom stereocenters. The zero-order valence-electron chi connectivity index (χ0n) is 13.0. The van der Waals surface area contributed by atoms with Gasteiger partial charge in [-0.15, -0.1) is 0 Å². The van der Waals surface area contributed by atoms with E-state index in [0.29, 0.717) is 12.6 Å². The number of hydrogen-bond acceptors (Lipinski definition) is 5. The summed E-state index contributed by atoms with van der Waals surface area (Å²) < 4.78 is 5.37. The molecule has 1 heterocycles. The maximum absolute atomic E-state index is 11.5. The van der Waals surface area contributed by atoms with E-state index in [-0.39, 0.29) is 11.5 Å². The van der Waals surface area contributed by atoms with E-state index in [4.69, 9.17) is 4.74 Å². The molecule has 2 N–H and O–H groups in total. The molecule has 2 rings (SSSR count). The van der Waals surface area contributed by atoms with Crippen molar-refractivity contribution in [1.29, 1.82) is 0 Å². The fraction of sp³-hybridized carbons (Fsp3) is 0.312. The van der Waals surface area contributed by atoms with Crippen molar-refractivity contribution >= 4 is 12.2 Å². The van der Waals surface area contributed by atoms with Gasteiger partial charge in [0.1, 0.15) is 5.75 Å². The summed E-state index contributed by atoms with van der Waals surface area (Å²) >= 11 is 0. The van der Waals surface area contributed by atoms with Gasteiger partial charge in [-0.2, -0.15) is 5.10 Å². The predicted octanol–water partition coefficient (Wildman–Crippen LogP) is 2.74. The lowest BCUT2D eigenvalue weighted by atomic mass is 10.1. The second kappa shape index (κ2) is 7.40. The fourth-order valence-corrected chi connectivity index (χ4v) is 1.81. The average Bonchev–Trinajstić information content (AvgIpc) is 2.49. The zero-order valence-corrected chi connectivity index (χ0v) is 13.0. The van der Waals surface area contributed by atoms with E-state index in [1.54, 1.807) is 6.21 Å². The molecule has 0 radical (unpaired) electrons. The van der Waals surface area contributed by atoms with Gasteiger partial charge in [0.2, 0.25) is 5.95 Å². The van der Waals surface area contributed by atoms with Gasteiger partial charge >= 0.3 is 0 Å². The molecule has 0 aliphatic heterocycles. The molecule has 0 saturated heterocycles. The van der Waals surface area contributed by atoms with Crippen molar-refractivity contribution in [3.05, 3.63) is 51.9 Å². The van der Waals surface area contributed by atoms with Crippen LogP contribution in [0.3, 0.4) is 0 Å². The predicted molar refractivity (Wildman–Crippen MR) is 87.8 cm³/mol. The number of aromatic nitrogens is 2. The molecule has 0 aliphatic carbocycles. The van der Waals surface area contributed by atoms with E-state index >= 15 is 0 Å². The molecule has 0 bridgehead atoms. The highest BCUT2D eigenvalue weighted by Gasteiger charge is 2.04. The van der Waals surface area contributed by atoms with Crippen molar-refractivity contribution in [2.24, 2.45) is 5.10 Å². The molecule has 0 unspecified atom stereocenters. The first kappa shape index (κ1) is 15.8. The monoisotopic (exact) mass is 300 g/mol. The summed E-state index contributed by atoms with van der Waals surface area (Å²) in [5.74, 6) is 1.33. The van der Waals surface area contributed by atoms with Crippen molar-refractivity contribution < 1.29 is 4.74 Å². The second-order valence-corrected chi connectivity index (χ2v) is 5.05. The van der Waals surface area contributed by atoms with Crippen LogP contribution >= 0.6 is 0 Å². The third kappa shape index (κ3) is 4.44. The maximum atomic E-state index is 11.5. The minimum absolute atomic E-state index is 0.179. The molecule has 2 aromatic rings. The van der Waals surface area contributed by atoms with E-state index in [2.05, 4.69) is 20.5 Å². The molecule has 1 aromatic heterocycles. The van der Waals surface area contributed by atoms with Gasteiger partial charge < -0.3 is 4.74 Å². The Bertz CT molecular complexity index is 690. The SMILES string of the molecule is CCOc1ccc(/C=N\Nc2nc(C(C)C)cc(=O)[nH]2)cc1. The van der Waals surface area contributed by atoms with Gasteiger partial charge in [0, 0.05) is 6.07 Å². The van der Waals surface area contributed by atoms with Crippen molar-refractivity contribution in [2.45, 2.75) is 26.7 Å². The summed E-state index contributed by atoms with van der Waals surface area (Å²) in [7, 11) is 0. The minimum Gasteiger partial charge on any atom is -0.494 e. The highest BCUT2D eigenvalue weighted by molar-refractivity contribution is 5.80. The standard InChI is InChI=1S/C16H20N4O2/c1-4-22-13-7-5-12(6-8-13)10-17-20-16-18-14(11(2)3)9-15(21)19-16/h5-11H,4H2,1-3H3,(H2,18,19,20,21)/b17-10-. The number of H-pyrrole nitrogens is 1. The molecule has 0 amide bonds. The van der Waals surface area contributed by atoms with Crippen LogP contribution in [0.2, 0.25) is 0 Å². The third-order valence-corrected chi connectivity index (χ3v) is 2.93. The van der Waals surface area contributed by atoms with Gasteiger partial charge in [-0.25, -0.2) is 10.4 Å². The van der Waals surface area contributed by atoms with Crippen molar-refractivity contribution in [1.82, 2.24) is 9.97 Å². The number of rotatable bonds is 6. The summed E-state index contributed by atoms with van der Waals surface area (Å²) in [6, 6.07) is 9.05. The van der Waals surface area contributed by atoms with E-state index in [1.165, 1.54) is 6.07 Å². The van der Waals surface area contributed by atoms with Crippen LogP contribution in [0, 0.1) is 0 Å². The first-order valence-corrected chi connectivity index (χ1v) is 7.21. The number of benzene rings is 1. The minimum atomic E-state index is -0.197. The second-order valence-electron chi connectivity index (χ2n) is 5.05. The quantitative estimate of drug-likeness (QED) is 0.635. The third-order valence-electron chi connectivity index (χ3n) is 2.93. The molecular formula is C16H20N4O2. The molecule has 22 heavy (non-hydrogen) atoms. The average molecular weight is 300 g/mol. The number of hydrazone groups is 1. The van der Waals surface area contributed by atoms with Crippen LogP contribution in [-0.4, -0.2) is 22.8 Å². The van der Waals surface area contributed by atoms with Crippen molar-refractivity contribution in [2.75, 3.05) is 12.0 Å². The first-order chi connectivity index (χ1) is 10.6. The van der Waals surface area contributed by atoms with Crippen LogP contribution in [-0.2, 0) is 0 Å². The highest BCUT2D eigenvalue weighted by Crippen LogP contribution is 2.11. The summed E-state index contributed by atoms with van der Waals surface area (Å²) in [4.78, 5) is 18.5. The number of nitrogens with zero attached hydrogens (tertiary/aromatic N) is 2. The van der Waals surface area contributed by atoms with E-state index in [9.17, 15) is 4.79 Å². The zero-order chi connectivity index (χ0) is 15.9. The van der Waals surface area contributed by atoms with Gasteiger partial charge in [0.15, 0.2) is 0 Å². The lowest BCUT2D eigenvalue weighted by molar-refractivity contribution is 0.340. The number of hydrogen-bond donors (Lipinski definition) is 2. The summed E-state index contributed by atoms with van der Waals surface area (Å²) in [6.07, 6.45) is 1.65. The Hall–Kier alpha value is -2.63. The topological polar surface area (TPSA) is 79.4 Å². The van der Waals surface area contributed by atoms with E-state index in [1.807, 2.05) is 45.0 Å². The van der Waals surface area contributed by atoms with Gasteiger partial charge in [-0.1, -0.05) is 13.8 Å². The van der Waals surface area contributed by atoms with Gasteiger partial charge in [-0.3, -0.25) is 9.78 Å². The molecule has 6 nitrogen and oxygen atoms in total. The van der Waals surface area contributed by atoms with Crippen LogP contribution in [0.15, 0.2) is 40.2 Å². The maximum Gasteiger partial charge on any atom is 0.252 e. The van der Waals surface area contributed by atoms with Crippen LogP contribution < -0.4 is 15.7 Å². The van der Waals surface area contributed by atoms with E-state index < -0.39 is 0 Å². The Morgan fingerprint density at radius 3 is 2.73 bits per heavy atom. The summed E-state index contributed by atoms with van der Waals surface area (Å²) in [5, 5.41) is 4.08. The van der Waals surface area contributed by atoms with Crippen molar-refractivity contribution in [3.63, 3.8) is 0 Å². The largest absolute Gasteiger partial charge is 0.494 e. The number of nitrogens with one attached hydrogen (secondary N) is 2. The lowest BCUT2D eigenvalue weighted by Crippen LogP contribution is -2.12. The van der Waals surface area contributed by atoms with Crippen LogP contribution in [0.5, 0.6) is 5.75 Å². The summed E-state index contributed by atoms with van der Waals surface area (Å²) in [5.41, 5.74) is 4.18. The van der Waals surface area contributed by atoms with Crippen LogP contribution in [0.4, 0.5) is 5.95 Å². The normalized spacial score (nSPS) is 11.1. The molecule has 0 aliphatic rings. The summed E-state index contributed by atoms with van der Waals surface area (Å²) in [6.45, 7) is 6.54. The first-order valence-electron chi connectivity index (χ1n) is 7.21. The molecule has 116 valence electrons. The van der Waals surface area contributed by atoms with Gasteiger partial charge in [-0.05, 0) is 42.7 Å². The molecular weight excluding hydrogens is 280 g/mol. The van der Waals surface area contributed by atoms with E-state index in [0.717, 1.165) is 17.0 Å². The molecule has 0 fully saturated rings. The van der Waals surface area contributed by atoms with Crippen LogP contribution in [0.1, 0.15) is 37.9 Å². The molecule has 6 heteroatoms. The number of aromatic amines is 1. The molecule has 1 aromatic carbocycles. The van der Waals surface area contributed by atoms with Crippen LogP contribution in [0.25, 0.3) is 0 Å². The smallest absolute Gasteiger partial charge is 0.252 e. The van der Waals surface area contributed by atoms with Gasteiger partial charge in [0.05, 0.1) is 18.5 Å². The Kier molecular flexibility index (Phi) is 5.30. The van der Waals surface area contributed by atoms with Gasteiger partial charge in [0.25, 0.3) is 5.56 Å². The number of anilines is 1. The Balaban J connectivity index is 2.04. The molecule has 0 spiro atoms. The lowest BCUT2D eigenvalue weighted by Gasteiger charge is -2.05. The number of ether oxygens (including phenoxy) is 1. The highest BCUT2D eigenvalue weighted by atomic mass is 16.5. The van der Waals surface area contributed by atoms with Crippen molar-refractivity contribution in [3.8, 4) is 5.75 Å². The Morgan fingerprint density at radius 1 is 1.36 bits per heavy atom. The fourth-order valence-electron chi connectivity index (χ4n) is 1.81. The molecule has 0 saturated carbocycles. The Labute approximate surface area is 129 Å². The Morgan fingerprint density at radius 2 is 2.09 bits per heavy atom.